The van der Waals surface area contributed by atoms with Crippen molar-refractivity contribution < 1.29 is 9.90 Å². The SMILES string of the molecule is NC1(C(=O)O)CCCC(Sc2ccccc2Cl)C1. The number of nitrogens with two attached hydrogens (primary N) is 1. The van der Waals surface area contributed by atoms with E-state index in [4.69, 9.17) is 17.3 Å². The highest BCUT2D eigenvalue weighted by molar-refractivity contribution is 8.00. The Morgan fingerprint density at radius 2 is 2.22 bits per heavy atom. The van der Waals surface area contributed by atoms with Gasteiger partial charge in [0.05, 0.1) is 5.02 Å². The lowest BCUT2D eigenvalue weighted by Gasteiger charge is -2.34. The molecule has 1 aliphatic carbocycles. The number of hydrogen-bond donors (Lipinski definition) is 2. The van der Waals surface area contributed by atoms with Gasteiger partial charge in [0.15, 0.2) is 0 Å². The second-order valence-corrected chi connectivity index (χ2v) is 6.48. The third-order valence-corrected chi connectivity index (χ3v) is 5.08. The summed E-state index contributed by atoms with van der Waals surface area (Å²) in [5.41, 5.74) is 4.87. The molecule has 0 spiro atoms. The second kappa shape index (κ2) is 5.51. The third-order valence-electron chi connectivity index (χ3n) is 3.30. The average Bonchev–Trinajstić information content (AvgIpc) is 2.32. The van der Waals surface area contributed by atoms with E-state index in [2.05, 4.69) is 0 Å². The van der Waals surface area contributed by atoms with Crippen LogP contribution in [-0.4, -0.2) is 21.9 Å². The van der Waals surface area contributed by atoms with Crippen LogP contribution in [0.2, 0.25) is 5.02 Å². The minimum absolute atomic E-state index is 0.222. The lowest BCUT2D eigenvalue weighted by molar-refractivity contribution is -0.144. The van der Waals surface area contributed by atoms with E-state index in [1.807, 2.05) is 24.3 Å². The van der Waals surface area contributed by atoms with Crippen LogP contribution < -0.4 is 5.73 Å². The zero-order valence-corrected chi connectivity index (χ0v) is 11.5. The highest BCUT2D eigenvalue weighted by Gasteiger charge is 2.39. The van der Waals surface area contributed by atoms with Gasteiger partial charge in [-0.15, -0.1) is 11.8 Å². The van der Waals surface area contributed by atoms with E-state index in [9.17, 15) is 9.90 Å². The van der Waals surface area contributed by atoms with Crippen LogP contribution in [0, 0.1) is 0 Å². The van der Waals surface area contributed by atoms with Crippen LogP contribution in [0.5, 0.6) is 0 Å². The first-order valence-electron chi connectivity index (χ1n) is 5.95. The number of halogens is 1. The van der Waals surface area contributed by atoms with Gasteiger partial charge in [0, 0.05) is 10.1 Å². The van der Waals surface area contributed by atoms with Gasteiger partial charge in [0.2, 0.25) is 0 Å². The van der Waals surface area contributed by atoms with Gasteiger partial charge in [-0.3, -0.25) is 4.79 Å². The topological polar surface area (TPSA) is 63.3 Å². The molecular formula is C13H16ClNO2S. The number of rotatable bonds is 3. The van der Waals surface area contributed by atoms with Crippen LogP contribution in [0.3, 0.4) is 0 Å². The van der Waals surface area contributed by atoms with E-state index in [1.165, 1.54) is 0 Å². The van der Waals surface area contributed by atoms with Crippen molar-refractivity contribution >= 4 is 29.3 Å². The predicted octanol–water partition coefficient (Wildman–Crippen LogP) is 3.16. The number of carbonyl (C=O) groups is 1. The molecule has 0 radical (unpaired) electrons. The Morgan fingerprint density at radius 1 is 1.50 bits per heavy atom. The molecule has 0 bridgehead atoms. The number of hydrogen-bond acceptors (Lipinski definition) is 3. The summed E-state index contributed by atoms with van der Waals surface area (Å²) in [6, 6.07) is 7.63. The smallest absolute Gasteiger partial charge is 0.323 e. The Hall–Kier alpha value is -0.710. The zero-order valence-electron chi connectivity index (χ0n) is 9.93. The lowest BCUT2D eigenvalue weighted by atomic mass is 9.82. The summed E-state index contributed by atoms with van der Waals surface area (Å²) in [5, 5.41) is 10.1. The Morgan fingerprint density at radius 3 is 2.89 bits per heavy atom. The summed E-state index contributed by atoms with van der Waals surface area (Å²) in [5.74, 6) is -0.896. The Bertz CT molecular complexity index is 454. The van der Waals surface area contributed by atoms with Crippen LogP contribution in [0.1, 0.15) is 25.7 Å². The molecule has 0 amide bonds. The Labute approximate surface area is 116 Å². The van der Waals surface area contributed by atoms with Crippen LogP contribution in [0.4, 0.5) is 0 Å². The van der Waals surface area contributed by atoms with Gasteiger partial charge in [-0.05, 0) is 37.8 Å². The van der Waals surface area contributed by atoms with Crippen molar-refractivity contribution in [2.24, 2.45) is 5.73 Å². The van der Waals surface area contributed by atoms with Crippen LogP contribution in [-0.2, 0) is 4.79 Å². The van der Waals surface area contributed by atoms with E-state index in [0.29, 0.717) is 17.9 Å². The molecule has 1 fully saturated rings. The molecule has 1 aromatic rings. The normalized spacial score (nSPS) is 28.0. The van der Waals surface area contributed by atoms with Gasteiger partial charge in [-0.1, -0.05) is 23.7 Å². The fourth-order valence-corrected chi connectivity index (χ4v) is 3.90. The Kier molecular flexibility index (Phi) is 4.20. The average molecular weight is 286 g/mol. The molecule has 0 aliphatic heterocycles. The maximum atomic E-state index is 11.2. The zero-order chi connectivity index (χ0) is 13.2. The third kappa shape index (κ3) is 2.99. The van der Waals surface area contributed by atoms with Crippen molar-refractivity contribution in [1.82, 2.24) is 0 Å². The molecule has 2 rings (SSSR count). The highest BCUT2D eigenvalue weighted by Crippen LogP contribution is 2.39. The number of carboxylic acids is 1. The van der Waals surface area contributed by atoms with Gasteiger partial charge < -0.3 is 10.8 Å². The molecule has 18 heavy (non-hydrogen) atoms. The molecule has 2 unspecified atom stereocenters. The quantitative estimate of drug-likeness (QED) is 0.895. The first-order valence-corrected chi connectivity index (χ1v) is 7.20. The predicted molar refractivity (Wildman–Crippen MR) is 74.1 cm³/mol. The van der Waals surface area contributed by atoms with E-state index in [-0.39, 0.29) is 5.25 Å². The van der Waals surface area contributed by atoms with Gasteiger partial charge >= 0.3 is 5.97 Å². The second-order valence-electron chi connectivity index (χ2n) is 4.73. The molecule has 0 saturated heterocycles. The summed E-state index contributed by atoms with van der Waals surface area (Å²) in [6.45, 7) is 0. The minimum atomic E-state index is -1.07. The van der Waals surface area contributed by atoms with Gasteiger partial charge in [0.25, 0.3) is 0 Å². The van der Waals surface area contributed by atoms with Gasteiger partial charge in [-0.25, -0.2) is 0 Å². The van der Waals surface area contributed by atoms with E-state index < -0.39 is 11.5 Å². The Balaban J connectivity index is 2.07. The van der Waals surface area contributed by atoms with Crippen LogP contribution in [0.25, 0.3) is 0 Å². The summed E-state index contributed by atoms with van der Waals surface area (Å²) >= 11 is 7.74. The molecule has 0 heterocycles. The molecule has 0 aromatic heterocycles. The summed E-state index contributed by atoms with van der Waals surface area (Å²) in [6.07, 6.45) is 2.90. The van der Waals surface area contributed by atoms with Crippen LogP contribution in [0.15, 0.2) is 29.2 Å². The molecule has 3 N–H and O–H groups in total. The molecule has 98 valence electrons. The first kappa shape index (κ1) is 13.7. The van der Waals surface area contributed by atoms with Gasteiger partial charge in [0.1, 0.15) is 5.54 Å². The fraction of sp³-hybridized carbons (Fsp3) is 0.462. The lowest BCUT2D eigenvalue weighted by Crippen LogP contribution is -2.51. The van der Waals surface area contributed by atoms with Crippen molar-refractivity contribution in [3.63, 3.8) is 0 Å². The standard InChI is InChI=1S/C13H16ClNO2S/c14-10-5-1-2-6-11(10)18-9-4-3-7-13(15,8-9)12(16)17/h1-2,5-6,9H,3-4,7-8,15H2,(H,16,17). The van der Waals surface area contributed by atoms with Gasteiger partial charge in [-0.2, -0.15) is 0 Å². The number of benzene rings is 1. The molecule has 1 aliphatic rings. The van der Waals surface area contributed by atoms with Crippen molar-refractivity contribution in [1.29, 1.82) is 0 Å². The summed E-state index contributed by atoms with van der Waals surface area (Å²) < 4.78 is 0. The maximum absolute atomic E-state index is 11.2. The maximum Gasteiger partial charge on any atom is 0.323 e. The summed E-state index contributed by atoms with van der Waals surface area (Å²) in [4.78, 5) is 12.2. The molecule has 2 atom stereocenters. The molecule has 1 saturated carbocycles. The van der Waals surface area contributed by atoms with E-state index in [1.54, 1.807) is 11.8 Å². The highest BCUT2D eigenvalue weighted by atomic mass is 35.5. The molecular weight excluding hydrogens is 270 g/mol. The fourth-order valence-electron chi connectivity index (χ4n) is 2.27. The number of aliphatic carboxylic acids is 1. The molecule has 3 nitrogen and oxygen atoms in total. The monoisotopic (exact) mass is 285 g/mol. The molecule has 5 heteroatoms. The largest absolute Gasteiger partial charge is 0.480 e. The van der Waals surface area contributed by atoms with E-state index >= 15 is 0 Å². The van der Waals surface area contributed by atoms with Crippen molar-refractivity contribution in [3.05, 3.63) is 29.3 Å². The van der Waals surface area contributed by atoms with Crippen molar-refractivity contribution in [2.45, 2.75) is 41.4 Å². The molecule has 1 aromatic carbocycles. The number of carboxylic acid groups (broad SMARTS) is 1. The summed E-state index contributed by atoms with van der Waals surface area (Å²) in [7, 11) is 0. The number of thioether (sulfide) groups is 1. The van der Waals surface area contributed by atoms with E-state index in [0.717, 1.165) is 17.7 Å². The minimum Gasteiger partial charge on any atom is -0.480 e. The van der Waals surface area contributed by atoms with Crippen molar-refractivity contribution in [2.75, 3.05) is 0 Å². The first-order chi connectivity index (χ1) is 8.51. The van der Waals surface area contributed by atoms with Crippen molar-refractivity contribution in [3.8, 4) is 0 Å². The van der Waals surface area contributed by atoms with Crippen LogP contribution >= 0.6 is 23.4 Å².